The van der Waals surface area contributed by atoms with Crippen LogP contribution in [0.4, 0.5) is 5.82 Å². The van der Waals surface area contributed by atoms with Crippen molar-refractivity contribution in [3.05, 3.63) is 39.8 Å². The van der Waals surface area contributed by atoms with Crippen molar-refractivity contribution < 1.29 is 0 Å². The summed E-state index contributed by atoms with van der Waals surface area (Å²) in [5.74, 6) is 1.75. The van der Waals surface area contributed by atoms with E-state index >= 15 is 0 Å². The second-order valence-electron chi connectivity index (χ2n) is 6.50. The molecule has 0 aliphatic heterocycles. The Bertz CT molecular complexity index is 933. The second-order valence-corrected chi connectivity index (χ2v) is 7.34. The zero-order valence-electron chi connectivity index (χ0n) is 15.7. The Labute approximate surface area is 164 Å². The van der Waals surface area contributed by atoms with Crippen LogP contribution in [0.1, 0.15) is 38.2 Å². The predicted octanol–water partition coefficient (Wildman–Crippen LogP) is 6.17. The minimum atomic E-state index is 0.608. The summed E-state index contributed by atoms with van der Waals surface area (Å²) < 4.78 is 0. The fourth-order valence-corrected chi connectivity index (χ4v) is 3.77. The molecule has 0 radical (unpaired) electrons. The summed E-state index contributed by atoms with van der Waals surface area (Å²) in [4.78, 5) is 15.3. The van der Waals surface area contributed by atoms with Gasteiger partial charge in [0.05, 0.1) is 16.1 Å². The first-order valence-corrected chi connectivity index (χ1v) is 9.79. The van der Waals surface area contributed by atoms with Gasteiger partial charge in [-0.3, -0.25) is 0 Å². The van der Waals surface area contributed by atoms with E-state index in [4.69, 9.17) is 33.2 Å². The fraction of sp³-hybridized carbons (Fsp3) is 0.400. The standard InChI is InChI=1S/C20H24Cl2N4/c1-5-7-10-26(6-2)20-17-12(3)23-18(19(17)24-13(4)25-20)15-9-8-14(21)11-16(15)22/h8-9,11,23H,5-7,10H2,1-4H3. The Hall–Kier alpha value is -1.78. The number of nitrogens with zero attached hydrogens (tertiary/aromatic N) is 3. The van der Waals surface area contributed by atoms with Gasteiger partial charge in [0.25, 0.3) is 0 Å². The number of aromatic amines is 1. The molecule has 26 heavy (non-hydrogen) atoms. The normalized spacial score (nSPS) is 11.3. The van der Waals surface area contributed by atoms with Gasteiger partial charge in [-0.2, -0.15) is 0 Å². The van der Waals surface area contributed by atoms with Gasteiger partial charge in [0.1, 0.15) is 17.2 Å². The second kappa shape index (κ2) is 7.85. The van der Waals surface area contributed by atoms with Crippen LogP contribution in [0.25, 0.3) is 22.2 Å². The molecule has 2 heterocycles. The van der Waals surface area contributed by atoms with Crippen LogP contribution in [0.15, 0.2) is 18.2 Å². The van der Waals surface area contributed by atoms with Crippen LogP contribution in [-0.4, -0.2) is 28.0 Å². The lowest BCUT2D eigenvalue weighted by Crippen LogP contribution is -2.25. The van der Waals surface area contributed by atoms with E-state index in [0.717, 1.165) is 65.4 Å². The van der Waals surface area contributed by atoms with E-state index in [-0.39, 0.29) is 0 Å². The predicted molar refractivity (Wildman–Crippen MR) is 112 cm³/mol. The molecule has 0 aliphatic rings. The lowest BCUT2D eigenvalue weighted by molar-refractivity contribution is 0.724. The molecule has 3 rings (SSSR count). The zero-order valence-corrected chi connectivity index (χ0v) is 17.2. The number of H-pyrrole nitrogens is 1. The number of halogens is 2. The monoisotopic (exact) mass is 390 g/mol. The number of anilines is 1. The molecule has 0 atom stereocenters. The molecule has 0 unspecified atom stereocenters. The van der Waals surface area contributed by atoms with Gasteiger partial charge in [-0.15, -0.1) is 0 Å². The van der Waals surface area contributed by atoms with Crippen LogP contribution in [0.5, 0.6) is 0 Å². The van der Waals surface area contributed by atoms with Crippen molar-refractivity contribution in [3.8, 4) is 11.3 Å². The fourth-order valence-electron chi connectivity index (χ4n) is 3.27. The molecule has 0 saturated heterocycles. The quantitative estimate of drug-likeness (QED) is 0.546. The third kappa shape index (κ3) is 3.53. The average molecular weight is 391 g/mol. The lowest BCUT2D eigenvalue weighted by Gasteiger charge is -2.23. The third-order valence-electron chi connectivity index (χ3n) is 4.59. The lowest BCUT2D eigenvalue weighted by atomic mass is 10.1. The van der Waals surface area contributed by atoms with E-state index in [1.165, 1.54) is 0 Å². The number of aryl methyl sites for hydroxylation is 2. The highest BCUT2D eigenvalue weighted by Gasteiger charge is 2.20. The van der Waals surface area contributed by atoms with Crippen molar-refractivity contribution in [1.82, 2.24) is 15.0 Å². The molecule has 0 fully saturated rings. The zero-order chi connectivity index (χ0) is 18.8. The summed E-state index contributed by atoms with van der Waals surface area (Å²) in [7, 11) is 0. The summed E-state index contributed by atoms with van der Waals surface area (Å²) in [5, 5.41) is 2.29. The van der Waals surface area contributed by atoms with Gasteiger partial charge in [-0.05, 0) is 45.4 Å². The highest BCUT2D eigenvalue weighted by atomic mass is 35.5. The van der Waals surface area contributed by atoms with E-state index in [1.807, 2.05) is 19.1 Å². The summed E-state index contributed by atoms with van der Waals surface area (Å²) in [6, 6.07) is 5.54. The molecule has 0 aliphatic carbocycles. The van der Waals surface area contributed by atoms with Crippen LogP contribution in [0.3, 0.4) is 0 Å². The van der Waals surface area contributed by atoms with Crippen molar-refractivity contribution >= 4 is 39.9 Å². The molecule has 3 aromatic rings. The topological polar surface area (TPSA) is 44.8 Å². The molecule has 1 aromatic carbocycles. The first kappa shape index (κ1) is 19.0. The Kier molecular flexibility index (Phi) is 5.73. The molecule has 1 N–H and O–H groups in total. The van der Waals surface area contributed by atoms with Crippen molar-refractivity contribution in [2.75, 3.05) is 18.0 Å². The summed E-state index contributed by atoms with van der Waals surface area (Å²) in [5.41, 5.74) is 3.77. The molecule has 0 amide bonds. The van der Waals surface area contributed by atoms with Crippen molar-refractivity contribution in [2.45, 2.75) is 40.5 Å². The van der Waals surface area contributed by atoms with E-state index in [9.17, 15) is 0 Å². The van der Waals surface area contributed by atoms with Crippen LogP contribution >= 0.6 is 23.2 Å². The molecule has 0 saturated carbocycles. The minimum Gasteiger partial charge on any atom is -0.356 e. The van der Waals surface area contributed by atoms with Crippen molar-refractivity contribution in [2.24, 2.45) is 0 Å². The van der Waals surface area contributed by atoms with Crippen LogP contribution in [-0.2, 0) is 0 Å². The van der Waals surface area contributed by atoms with Crippen molar-refractivity contribution in [3.63, 3.8) is 0 Å². The van der Waals surface area contributed by atoms with E-state index in [0.29, 0.717) is 10.0 Å². The van der Waals surface area contributed by atoms with Crippen LogP contribution < -0.4 is 4.90 Å². The summed E-state index contributed by atoms with van der Waals surface area (Å²) in [6.07, 6.45) is 2.29. The Morgan fingerprint density at radius 3 is 2.54 bits per heavy atom. The van der Waals surface area contributed by atoms with Gasteiger partial charge >= 0.3 is 0 Å². The molecule has 138 valence electrons. The highest BCUT2D eigenvalue weighted by Crippen LogP contribution is 2.38. The Morgan fingerprint density at radius 1 is 1.12 bits per heavy atom. The number of aromatic nitrogens is 3. The number of nitrogens with one attached hydrogen (secondary N) is 1. The van der Waals surface area contributed by atoms with E-state index < -0.39 is 0 Å². The van der Waals surface area contributed by atoms with Crippen molar-refractivity contribution in [1.29, 1.82) is 0 Å². The maximum atomic E-state index is 6.45. The first-order chi connectivity index (χ1) is 12.5. The summed E-state index contributed by atoms with van der Waals surface area (Å²) in [6.45, 7) is 10.3. The number of hydrogen-bond donors (Lipinski definition) is 1. The number of rotatable bonds is 6. The van der Waals surface area contributed by atoms with Gasteiger partial charge in [0.15, 0.2) is 0 Å². The minimum absolute atomic E-state index is 0.608. The van der Waals surface area contributed by atoms with Gasteiger partial charge < -0.3 is 9.88 Å². The van der Waals surface area contributed by atoms with Crippen LogP contribution in [0, 0.1) is 13.8 Å². The molecular weight excluding hydrogens is 367 g/mol. The van der Waals surface area contributed by atoms with E-state index in [1.54, 1.807) is 6.07 Å². The molecule has 0 bridgehead atoms. The van der Waals surface area contributed by atoms with E-state index in [2.05, 4.69) is 30.7 Å². The third-order valence-corrected chi connectivity index (χ3v) is 5.14. The molecule has 4 nitrogen and oxygen atoms in total. The Morgan fingerprint density at radius 2 is 1.88 bits per heavy atom. The maximum absolute atomic E-state index is 6.45. The molecule has 6 heteroatoms. The number of fused-ring (bicyclic) bond motifs is 1. The van der Waals surface area contributed by atoms with Gasteiger partial charge in [-0.25, -0.2) is 9.97 Å². The SMILES string of the molecule is CCCCN(CC)c1nc(C)nc2c(-c3ccc(Cl)cc3Cl)[nH]c(C)c12. The smallest absolute Gasteiger partial charge is 0.142 e. The van der Waals surface area contributed by atoms with Gasteiger partial charge in [0, 0.05) is 29.4 Å². The maximum Gasteiger partial charge on any atom is 0.142 e. The molecule has 0 spiro atoms. The van der Waals surface area contributed by atoms with Crippen LogP contribution in [0.2, 0.25) is 10.0 Å². The first-order valence-electron chi connectivity index (χ1n) is 9.03. The largest absolute Gasteiger partial charge is 0.356 e. The highest BCUT2D eigenvalue weighted by molar-refractivity contribution is 6.36. The van der Waals surface area contributed by atoms with Gasteiger partial charge in [0.2, 0.25) is 0 Å². The summed E-state index contributed by atoms with van der Waals surface area (Å²) >= 11 is 12.5. The molecular formula is C20H24Cl2N4. The number of unbranched alkanes of at least 4 members (excludes halogenated alkanes) is 1. The molecule has 2 aromatic heterocycles. The average Bonchev–Trinajstić information content (AvgIpc) is 2.91. The number of hydrogen-bond acceptors (Lipinski definition) is 3. The van der Waals surface area contributed by atoms with Gasteiger partial charge in [-0.1, -0.05) is 36.5 Å². The Balaban J connectivity index is 2.23. The number of benzene rings is 1.